The van der Waals surface area contributed by atoms with E-state index >= 15 is 0 Å². The van der Waals surface area contributed by atoms with E-state index in [4.69, 9.17) is 18.7 Å². The van der Waals surface area contributed by atoms with Crippen LogP contribution >= 0.6 is 0 Å². The third-order valence-electron chi connectivity index (χ3n) is 7.02. The summed E-state index contributed by atoms with van der Waals surface area (Å²) in [5.41, 5.74) is -0.469. The van der Waals surface area contributed by atoms with Gasteiger partial charge < -0.3 is 43.1 Å². The Morgan fingerprint density at radius 2 is 1.83 bits per heavy atom. The molecule has 0 unspecified atom stereocenters. The van der Waals surface area contributed by atoms with E-state index in [9.17, 15) is 33.0 Å². The maximum absolute atomic E-state index is 12.6. The van der Waals surface area contributed by atoms with E-state index in [1.807, 2.05) is 0 Å². The molecule has 0 aliphatic carbocycles. The minimum Gasteiger partial charge on any atom is -0.544 e. The molecule has 2 saturated heterocycles. The topological polar surface area (TPSA) is 134 Å². The summed E-state index contributed by atoms with van der Waals surface area (Å²) in [5.74, 6) is -1.44. The number of benzene rings is 1. The van der Waals surface area contributed by atoms with E-state index in [1.54, 1.807) is 27.2 Å². The van der Waals surface area contributed by atoms with Crippen LogP contribution in [0.4, 0.5) is 13.2 Å². The highest BCUT2D eigenvalue weighted by Gasteiger charge is 2.42. The molecule has 0 radical (unpaired) electrons. The van der Waals surface area contributed by atoms with Crippen molar-refractivity contribution in [3.05, 3.63) is 18.2 Å². The van der Waals surface area contributed by atoms with E-state index in [-0.39, 0.29) is 35.1 Å². The van der Waals surface area contributed by atoms with Crippen LogP contribution in [0.2, 0.25) is 0 Å². The molecule has 0 spiro atoms. The molecule has 14 heteroatoms. The molecule has 2 aliphatic rings. The SMILES string of the molecule is C[N+](C)(C)CC(=O)[O-].O=C(O)C1(CN2CCC(COc3noc4cccc(OCC(F)(F)F)c34)CC2)CCOCC1. The number of carbonyl (C=O) groups excluding carboxylic acids is 1. The van der Waals surface area contributed by atoms with Crippen LogP contribution in [-0.4, -0.2) is 112 Å². The second-order valence-corrected chi connectivity index (χ2v) is 11.6. The molecule has 1 N–H and O–H groups in total. The van der Waals surface area contributed by atoms with Gasteiger partial charge in [0.2, 0.25) is 0 Å². The Balaban J connectivity index is 0.000000507. The van der Waals surface area contributed by atoms with Crippen LogP contribution in [0.1, 0.15) is 25.7 Å². The predicted molar refractivity (Wildman–Crippen MR) is 138 cm³/mol. The molecule has 0 saturated carbocycles. The summed E-state index contributed by atoms with van der Waals surface area (Å²) in [6, 6.07) is 4.54. The molecule has 2 aromatic rings. The summed E-state index contributed by atoms with van der Waals surface area (Å²) in [5, 5.41) is 23.8. The zero-order chi connectivity index (χ0) is 30.3. The van der Waals surface area contributed by atoms with Crippen molar-refractivity contribution >= 4 is 22.9 Å². The number of carboxylic acid groups (broad SMARTS) is 2. The van der Waals surface area contributed by atoms with Crippen molar-refractivity contribution in [3.8, 4) is 11.6 Å². The first-order valence-electron chi connectivity index (χ1n) is 13.4. The molecule has 4 rings (SSSR count). The average Bonchev–Trinajstić information content (AvgIpc) is 3.30. The molecule has 11 nitrogen and oxygen atoms in total. The van der Waals surface area contributed by atoms with Gasteiger partial charge in [-0.3, -0.25) is 4.79 Å². The van der Waals surface area contributed by atoms with E-state index in [0.717, 1.165) is 25.9 Å². The first-order chi connectivity index (χ1) is 19.2. The molecule has 230 valence electrons. The van der Waals surface area contributed by atoms with Crippen molar-refractivity contribution in [1.82, 2.24) is 10.1 Å². The number of halogens is 3. The number of ether oxygens (including phenoxy) is 3. The number of nitrogens with zero attached hydrogens (tertiary/aromatic N) is 3. The molecule has 0 bridgehead atoms. The number of aliphatic carboxylic acids is 2. The lowest BCUT2D eigenvalue weighted by atomic mass is 9.79. The summed E-state index contributed by atoms with van der Waals surface area (Å²) < 4.78 is 59.4. The van der Waals surface area contributed by atoms with Crippen LogP contribution in [0.3, 0.4) is 0 Å². The first kappa shape index (κ1) is 32.4. The van der Waals surface area contributed by atoms with Crippen molar-refractivity contribution < 1.29 is 56.2 Å². The Morgan fingerprint density at radius 1 is 1.17 bits per heavy atom. The van der Waals surface area contributed by atoms with Gasteiger partial charge in [0.05, 0.1) is 39.1 Å². The standard InChI is InChI=1S/C22H27F3N2O6.C5H11NO2/c23-22(24,25)14-32-16-2-1-3-17-18(16)19(26-33-17)31-12-15-4-8-27(9-5-15)13-21(20(28)29)6-10-30-11-7-21;1-6(2,3)4-5(7)8/h1-3,15H,4-14H2,(H,28,29);4H2,1-3H3. The molecule has 2 aliphatic heterocycles. The van der Waals surface area contributed by atoms with Crippen LogP contribution in [0.25, 0.3) is 11.0 Å². The van der Waals surface area contributed by atoms with Crippen LogP contribution in [-0.2, 0) is 14.3 Å². The molecular weight excluding hydrogens is 551 g/mol. The molecule has 1 aromatic carbocycles. The summed E-state index contributed by atoms with van der Waals surface area (Å²) in [7, 11) is 5.40. The second-order valence-electron chi connectivity index (χ2n) is 11.6. The largest absolute Gasteiger partial charge is 0.544 e. The van der Waals surface area contributed by atoms with Gasteiger partial charge in [-0.15, -0.1) is 0 Å². The zero-order valence-corrected chi connectivity index (χ0v) is 23.6. The molecule has 0 atom stereocenters. The van der Waals surface area contributed by atoms with Gasteiger partial charge >= 0.3 is 12.1 Å². The monoisotopic (exact) mass is 589 g/mol. The average molecular weight is 590 g/mol. The van der Waals surface area contributed by atoms with Gasteiger partial charge in [-0.2, -0.15) is 13.2 Å². The van der Waals surface area contributed by atoms with E-state index < -0.39 is 30.1 Å². The Labute approximate surface area is 236 Å². The van der Waals surface area contributed by atoms with E-state index in [1.165, 1.54) is 12.1 Å². The number of carboxylic acids is 2. The number of hydrogen-bond donors (Lipinski definition) is 1. The highest BCUT2D eigenvalue weighted by atomic mass is 19.4. The Bertz CT molecular complexity index is 1150. The number of likely N-dealkylation sites (N-methyl/N-ethyl adjacent to an activating group) is 1. The maximum atomic E-state index is 12.6. The van der Waals surface area contributed by atoms with Crippen LogP contribution in [0.15, 0.2) is 22.7 Å². The highest BCUT2D eigenvalue weighted by molar-refractivity contribution is 5.88. The van der Waals surface area contributed by atoms with E-state index in [0.29, 0.717) is 43.7 Å². The number of hydrogen-bond acceptors (Lipinski definition) is 9. The number of rotatable bonds is 10. The molecular formula is C27H38F3N3O8. The van der Waals surface area contributed by atoms with Crippen LogP contribution in [0, 0.1) is 11.3 Å². The minimum atomic E-state index is -4.46. The second kappa shape index (κ2) is 13.7. The van der Waals surface area contributed by atoms with Crippen molar-refractivity contribution in [1.29, 1.82) is 0 Å². The molecule has 3 heterocycles. The van der Waals surface area contributed by atoms with E-state index in [2.05, 4.69) is 10.1 Å². The quantitative estimate of drug-likeness (QED) is 0.411. The van der Waals surface area contributed by atoms with Crippen molar-refractivity contribution in [2.45, 2.75) is 31.9 Å². The number of carbonyl (C=O) groups is 2. The number of quaternary nitrogens is 1. The normalized spacial score (nSPS) is 18.4. The number of piperidine rings is 1. The van der Waals surface area contributed by atoms with Gasteiger partial charge in [-0.05, 0) is 62.0 Å². The lowest BCUT2D eigenvalue weighted by molar-refractivity contribution is -0.864. The van der Waals surface area contributed by atoms with Gasteiger partial charge in [0, 0.05) is 19.8 Å². The highest BCUT2D eigenvalue weighted by Crippen LogP contribution is 2.36. The maximum Gasteiger partial charge on any atom is 0.422 e. The number of aromatic nitrogens is 1. The van der Waals surface area contributed by atoms with Crippen molar-refractivity contribution in [2.75, 3.05) is 73.7 Å². The predicted octanol–water partition coefficient (Wildman–Crippen LogP) is 2.18. The molecule has 2 fully saturated rings. The number of fused-ring (bicyclic) bond motifs is 1. The Hall–Kier alpha value is -3.10. The molecule has 1 aromatic heterocycles. The smallest absolute Gasteiger partial charge is 0.422 e. The van der Waals surface area contributed by atoms with Crippen LogP contribution < -0.4 is 14.6 Å². The fraction of sp³-hybridized carbons (Fsp3) is 0.667. The first-order valence-corrected chi connectivity index (χ1v) is 13.4. The zero-order valence-electron chi connectivity index (χ0n) is 23.6. The Kier molecular flexibility index (Phi) is 10.8. The molecule has 41 heavy (non-hydrogen) atoms. The third kappa shape index (κ3) is 10.0. The fourth-order valence-electron chi connectivity index (χ4n) is 4.84. The summed E-state index contributed by atoms with van der Waals surface area (Å²) in [6.45, 7) is 1.94. The lowest BCUT2D eigenvalue weighted by Gasteiger charge is -2.40. The Morgan fingerprint density at radius 3 is 2.37 bits per heavy atom. The lowest BCUT2D eigenvalue weighted by Crippen LogP contribution is -2.49. The van der Waals surface area contributed by atoms with Gasteiger partial charge in [0.25, 0.3) is 5.88 Å². The van der Waals surface area contributed by atoms with Gasteiger partial charge in [-0.25, -0.2) is 0 Å². The number of likely N-dealkylation sites (tertiary alicyclic amines) is 1. The molecule has 0 amide bonds. The van der Waals surface area contributed by atoms with Crippen LogP contribution in [0.5, 0.6) is 11.6 Å². The van der Waals surface area contributed by atoms with Gasteiger partial charge in [-0.1, -0.05) is 6.07 Å². The van der Waals surface area contributed by atoms with Crippen molar-refractivity contribution in [2.24, 2.45) is 11.3 Å². The summed E-state index contributed by atoms with van der Waals surface area (Å²) in [6.07, 6.45) is -1.79. The summed E-state index contributed by atoms with van der Waals surface area (Å²) >= 11 is 0. The van der Waals surface area contributed by atoms with Gasteiger partial charge in [0.15, 0.2) is 12.2 Å². The van der Waals surface area contributed by atoms with Crippen molar-refractivity contribution in [3.63, 3.8) is 0 Å². The third-order valence-corrected chi connectivity index (χ3v) is 7.02. The minimum absolute atomic E-state index is 0.00586. The number of alkyl halides is 3. The summed E-state index contributed by atoms with van der Waals surface area (Å²) in [4.78, 5) is 24.0. The van der Waals surface area contributed by atoms with Gasteiger partial charge in [0.1, 0.15) is 17.7 Å². The fourth-order valence-corrected chi connectivity index (χ4v) is 4.84.